The number of rotatable bonds is 5. The molecule has 0 aliphatic rings. The standard InChI is InChI=1S/C15H16Cl2IN3/c1-3-6-19-15-14(18)9(2)20-13(21-15)8-10-4-5-11(16)12(17)7-10/h4-5,7H,3,6,8H2,1-2H3,(H,19,20,21). The number of nitrogens with one attached hydrogen (secondary N) is 1. The summed E-state index contributed by atoms with van der Waals surface area (Å²) in [6.07, 6.45) is 1.69. The topological polar surface area (TPSA) is 37.8 Å². The van der Waals surface area contributed by atoms with Crippen molar-refractivity contribution >= 4 is 51.6 Å². The van der Waals surface area contributed by atoms with Gasteiger partial charge in [0.05, 0.1) is 19.3 Å². The molecule has 21 heavy (non-hydrogen) atoms. The number of benzene rings is 1. The highest BCUT2D eigenvalue weighted by atomic mass is 127. The maximum absolute atomic E-state index is 6.05. The third-order valence-electron chi connectivity index (χ3n) is 2.95. The van der Waals surface area contributed by atoms with Crippen molar-refractivity contribution in [1.29, 1.82) is 0 Å². The molecule has 1 N–H and O–H groups in total. The van der Waals surface area contributed by atoms with Crippen LogP contribution in [0.4, 0.5) is 5.82 Å². The predicted molar refractivity (Wildman–Crippen MR) is 97.5 cm³/mol. The van der Waals surface area contributed by atoms with Crippen molar-refractivity contribution < 1.29 is 0 Å². The third kappa shape index (κ3) is 4.44. The molecule has 2 rings (SSSR count). The van der Waals surface area contributed by atoms with Gasteiger partial charge >= 0.3 is 0 Å². The highest BCUT2D eigenvalue weighted by Crippen LogP contribution is 2.24. The van der Waals surface area contributed by atoms with Gasteiger partial charge in [-0.25, -0.2) is 9.97 Å². The van der Waals surface area contributed by atoms with E-state index in [1.54, 1.807) is 6.07 Å². The second kappa shape index (κ2) is 7.61. The van der Waals surface area contributed by atoms with Gasteiger partial charge in [-0.2, -0.15) is 0 Å². The Morgan fingerprint density at radius 1 is 1.19 bits per heavy atom. The minimum atomic E-state index is 0.556. The molecule has 0 aliphatic heterocycles. The highest BCUT2D eigenvalue weighted by Gasteiger charge is 2.10. The van der Waals surface area contributed by atoms with Crippen LogP contribution >= 0.6 is 45.8 Å². The van der Waals surface area contributed by atoms with Gasteiger partial charge in [-0.15, -0.1) is 0 Å². The van der Waals surface area contributed by atoms with Gasteiger partial charge in [-0.3, -0.25) is 0 Å². The first-order valence-electron chi connectivity index (χ1n) is 6.72. The van der Waals surface area contributed by atoms with Crippen LogP contribution in [0.5, 0.6) is 0 Å². The van der Waals surface area contributed by atoms with E-state index in [1.165, 1.54) is 0 Å². The van der Waals surface area contributed by atoms with Crippen molar-refractivity contribution in [3.8, 4) is 0 Å². The van der Waals surface area contributed by atoms with Crippen LogP contribution in [0.1, 0.15) is 30.4 Å². The number of nitrogens with zero attached hydrogens (tertiary/aromatic N) is 2. The molecule has 0 saturated heterocycles. The van der Waals surface area contributed by atoms with Gasteiger partial charge in [0.2, 0.25) is 0 Å². The van der Waals surface area contributed by atoms with Crippen molar-refractivity contribution in [3.05, 3.63) is 48.9 Å². The van der Waals surface area contributed by atoms with Gasteiger partial charge in [0.15, 0.2) is 0 Å². The van der Waals surface area contributed by atoms with Crippen molar-refractivity contribution in [2.45, 2.75) is 26.7 Å². The summed E-state index contributed by atoms with van der Waals surface area (Å²) in [4.78, 5) is 9.17. The van der Waals surface area contributed by atoms with E-state index in [9.17, 15) is 0 Å². The van der Waals surface area contributed by atoms with E-state index in [0.29, 0.717) is 16.5 Å². The highest BCUT2D eigenvalue weighted by molar-refractivity contribution is 14.1. The van der Waals surface area contributed by atoms with Crippen LogP contribution in [-0.2, 0) is 6.42 Å². The first-order chi connectivity index (χ1) is 10.0. The van der Waals surface area contributed by atoms with Crippen LogP contribution in [-0.4, -0.2) is 16.5 Å². The summed E-state index contributed by atoms with van der Waals surface area (Å²) in [5.41, 5.74) is 2.03. The van der Waals surface area contributed by atoms with Gasteiger partial charge in [0, 0.05) is 13.0 Å². The second-order valence-corrected chi connectivity index (χ2v) is 6.63. The molecule has 112 valence electrons. The Bertz CT molecular complexity index is 647. The summed E-state index contributed by atoms with van der Waals surface area (Å²) in [6.45, 7) is 5.03. The summed E-state index contributed by atoms with van der Waals surface area (Å²) in [6, 6.07) is 5.61. The summed E-state index contributed by atoms with van der Waals surface area (Å²) >= 11 is 14.3. The number of aryl methyl sites for hydroxylation is 1. The minimum Gasteiger partial charge on any atom is -0.369 e. The van der Waals surface area contributed by atoms with E-state index in [2.05, 4.69) is 44.8 Å². The van der Waals surface area contributed by atoms with E-state index >= 15 is 0 Å². The van der Waals surface area contributed by atoms with Crippen molar-refractivity contribution in [1.82, 2.24) is 9.97 Å². The maximum Gasteiger partial charge on any atom is 0.143 e. The van der Waals surface area contributed by atoms with E-state index in [0.717, 1.165) is 39.4 Å². The lowest BCUT2D eigenvalue weighted by atomic mass is 10.1. The minimum absolute atomic E-state index is 0.556. The fraction of sp³-hybridized carbons (Fsp3) is 0.333. The molecule has 0 atom stereocenters. The molecular weight excluding hydrogens is 420 g/mol. The molecule has 2 aromatic rings. The van der Waals surface area contributed by atoms with Crippen LogP contribution in [0, 0.1) is 10.5 Å². The molecule has 0 amide bonds. The third-order valence-corrected chi connectivity index (χ3v) is 4.98. The average molecular weight is 436 g/mol. The van der Waals surface area contributed by atoms with Gasteiger partial charge in [-0.1, -0.05) is 36.2 Å². The molecule has 3 nitrogen and oxygen atoms in total. The van der Waals surface area contributed by atoms with Crippen molar-refractivity contribution in [3.63, 3.8) is 0 Å². The molecule has 0 spiro atoms. The number of hydrogen-bond donors (Lipinski definition) is 1. The summed E-state index contributed by atoms with van der Waals surface area (Å²) < 4.78 is 1.07. The van der Waals surface area contributed by atoms with Crippen LogP contribution in [0.25, 0.3) is 0 Å². The van der Waals surface area contributed by atoms with Crippen LogP contribution in [0.3, 0.4) is 0 Å². The summed E-state index contributed by atoms with van der Waals surface area (Å²) in [5, 5.41) is 4.46. The number of aromatic nitrogens is 2. The Hall–Kier alpha value is -0.590. The Morgan fingerprint density at radius 2 is 1.95 bits per heavy atom. The normalized spacial score (nSPS) is 10.7. The van der Waals surface area contributed by atoms with Crippen LogP contribution in [0.15, 0.2) is 18.2 Å². The molecule has 0 bridgehead atoms. The van der Waals surface area contributed by atoms with Crippen molar-refractivity contribution in [2.75, 3.05) is 11.9 Å². The van der Waals surface area contributed by atoms with Gasteiger partial charge in [0.1, 0.15) is 11.6 Å². The van der Waals surface area contributed by atoms with Gasteiger partial charge in [0.25, 0.3) is 0 Å². The van der Waals surface area contributed by atoms with E-state index in [-0.39, 0.29) is 0 Å². The van der Waals surface area contributed by atoms with E-state index in [4.69, 9.17) is 23.2 Å². The first kappa shape index (κ1) is 16.8. The monoisotopic (exact) mass is 435 g/mol. The Kier molecular flexibility index (Phi) is 6.08. The SMILES string of the molecule is CCCNc1nc(Cc2ccc(Cl)c(Cl)c2)nc(C)c1I. The van der Waals surface area contributed by atoms with Crippen LogP contribution < -0.4 is 5.32 Å². The van der Waals surface area contributed by atoms with Gasteiger partial charge < -0.3 is 5.32 Å². The number of halogens is 3. The summed E-state index contributed by atoms with van der Waals surface area (Å²) in [7, 11) is 0. The Morgan fingerprint density at radius 3 is 2.62 bits per heavy atom. The van der Waals surface area contributed by atoms with E-state index in [1.807, 2.05) is 19.1 Å². The molecule has 0 aliphatic carbocycles. The average Bonchev–Trinajstić information content (AvgIpc) is 2.45. The summed E-state index contributed by atoms with van der Waals surface area (Å²) in [5.74, 6) is 1.69. The first-order valence-corrected chi connectivity index (χ1v) is 8.55. The lowest BCUT2D eigenvalue weighted by Crippen LogP contribution is -2.09. The maximum atomic E-state index is 6.05. The molecular formula is C15H16Cl2IN3. The number of hydrogen-bond acceptors (Lipinski definition) is 3. The zero-order chi connectivity index (χ0) is 15.4. The number of anilines is 1. The van der Waals surface area contributed by atoms with Crippen LogP contribution in [0.2, 0.25) is 10.0 Å². The Labute approximate surface area is 148 Å². The second-order valence-electron chi connectivity index (χ2n) is 4.74. The molecule has 6 heteroatoms. The van der Waals surface area contributed by atoms with Crippen molar-refractivity contribution in [2.24, 2.45) is 0 Å². The smallest absolute Gasteiger partial charge is 0.143 e. The fourth-order valence-corrected chi connectivity index (χ4v) is 2.64. The predicted octanol–water partition coefficient (Wildman–Crippen LogP) is 5.11. The zero-order valence-electron chi connectivity index (χ0n) is 11.9. The molecule has 0 saturated carbocycles. The molecule has 0 unspecified atom stereocenters. The molecule has 0 radical (unpaired) electrons. The fourth-order valence-electron chi connectivity index (χ4n) is 1.89. The quantitative estimate of drug-likeness (QED) is 0.663. The van der Waals surface area contributed by atoms with E-state index < -0.39 is 0 Å². The molecule has 1 aromatic heterocycles. The lowest BCUT2D eigenvalue weighted by molar-refractivity contribution is 0.909. The lowest BCUT2D eigenvalue weighted by Gasteiger charge is -2.11. The molecule has 0 fully saturated rings. The Balaban J connectivity index is 2.26. The van der Waals surface area contributed by atoms with Gasteiger partial charge in [-0.05, 0) is 53.6 Å². The molecule has 1 heterocycles. The molecule has 1 aromatic carbocycles. The largest absolute Gasteiger partial charge is 0.369 e. The zero-order valence-corrected chi connectivity index (χ0v) is 15.6.